The second kappa shape index (κ2) is 5.03. The van der Waals surface area contributed by atoms with Gasteiger partial charge in [-0.15, -0.1) is 0 Å². The summed E-state index contributed by atoms with van der Waals surface area (Å²) < 4.78 is 11.9. The summed E-state index contributed by atoms with van der Waals surface area (Å²) in [5.74, 6) is 1.82. The molecule has 23 heavy (non-hydrogen) atoms. The molecule has 0 amide bonds. The number of benzene rings is 4. The number of fused-ring (bicyclic) bond motifs is 7. The van der Waals surface area contributed by atoms with Crippen LogP contribution in [0.15, 0.2) is 72.8 Å². The van der Waals surface area contributed by atoms with Crippen LogP contribution >= 0.6 is 0 Å². The Morgan fingerprint density at radius 1 is 0.522 bits per heavy atom. The van der Waals surface area contributed by atoms with Crippen LogP contribution in [-0.4, -0.2) is 15.9 Å². The first-order chi connectivity index (χ1) is 11.4. The molecule has 0 saturated carbocycles. The second-order valence-corrected chi connectivity index (χ2v) is 6.32. The topological polar surface area (TPSA) is 18.5 Å². The van der Waals surface area contributed by atoms with Crippen LogP contribution in [-0.2, 0) is 0 Å². The van der Waals surface area contributed by atoms with Crippen LogP contribution in [0, 0.1) is 0 Å². The SMILES string of the molecule is c1ccc2c3c(ccc2c1)[O][Al+][O]c1ccc2ccccc2c1-3. The van der Waals surface area contributed by atoms with Crippen molar-refractivity contribution in [1.29, 1.82) is 0 Å². The fourth-order valence-electron chi connectivity index (χ4n) is 3.34. The molecule has 0 saturated heterocycles. The maximum atomic E-state index is 5.95. The van der Waals surface area contributed by atoms with E-state index in [9.17, 15) is 0 Å². The van der Waals surface area contributed by atoms with Crippen molar-refractivity contribution >= 4 is 37.4 Å². The van der Waals surface area contributed by atoms with E-state index < -0.39 is 15.9 Å². The summed E-state index contributed by atoms with van der Waals surface area (Å²) in [6, 6.07) is 25.2. The van der Waals surface area contributed by atoms with E-state index in [2.05, 4.69) is 72.8 Å². The molecule has 0 radical (unpaired) electrons. The van der Waals surface area contributed by atoms with E-state index in [0.29, 0.717) is 0 Å². The van der Waals surface area contributed by atoms with Gasteiger partial charge in [0.1, 0.15) is 0 Å². The van der Waals surface area contributed by atoms with Crippen molar-refractivity contribution in [2.45, 2.75) is 0 Å². The Morgan fingerprint density at radius 2 is 1.00 bits per heavy atom. The van der Waals surface area contributed by atoms with E-state index in [0.717, 1.165) is 22.6 Å². The van der Waals surface area contributed by atoms with Gasteiger partial charge in [-0.1, -0.05) is 0 Å². The van der Waals surface area contributed by atoms with Gasteiger partial charge in [0, 0.05) is 0 Å². The molecule has 4 aromatic rings. The predicted octanol–water partition coefficient (Wildman–Crippen LogP) is 4.97. The average molecular weight is 311 g/mol. The molecule has 0 atom stereocenters. The summed E-state index contributed by atoms with van der Waals surface area (Å²) in [4.78, 5) is 0. The molecular formula is C20H12AlO2+. The molecule has 0 fully saturated rings. The van der Waals surface area contributed by atoms with Crippen molar-refractivity contribution in [2.24, 2.45) is 0 Å². The minimum absolute atomic E-state index is 0.553. The summed E-state index contributed by atoms with van der Waals surface area (Å²) >= 11 is -0.553. The first-order valence-corrected chi connectivity index (χ1v) is 8.55. The molecular weight excluding hydrogens is 299 g/mol. The number of hydrogen-bond acceptors (Lipinski definition) is 2. The predicted molar refractivity (Wildman–Crippen MR) is 93.9 cm³/mol. The zero-order valence-electron chi connectivity index (χ0n) is 12.3. The van der Waals surface area contributed by atoms with Gasteiger partial charge >= 0.3 is 140 Å². The van der Waals surface area contributed by atoms with Gasteiger partial charge in [0.2, 0.25) is 0 Å². The number of hydrogen-bond donors (Lipinski definition) is 0. The molecule has 0 aromatic heterocycles. The van der Waals surface area contributed by atoms with Gasteiger partial charge in [0.15, 0.2) is 0 Å². The Balaban J connectivity index is 2.01. The normalized spacial score (nSPS) is 12.2. The Labute approximate surface area is 140 Å². The van der Waals surface area contributed by atoms with Crippen LogP contribution in [0.1, 0.15) is 0 Å². The van der Waals surface area contributed by atoms with Gasteiger partial charge in [0.25, 0.3) is 0 Å². The molecule has 1 aliphatic heterocycles. The first kappa shape index (κ1) is 13.0. The third-order valence-electron chi connectivity index (χ3n) is 4.38. The zero-order valence-corrected chi connectivity index (χ0v) is 13.5. The van der Waals surface area contributed by atoms with Crippen molar-refractivity contribution in [2.75, 3.05) is 0 Å². The van der Waals surface area contributed by atoms with E-state index in [1.165, 1.54) is 21.5 Å². The van der Waals surface area contributed by atoms with Crippen molar-refractivity contribution in [3.05, 3.63) is 72.8 Å². The average Bonchev–Trinajstić information content (AvgIpc) is 2.81. The van der Waals surface area contributed by atoms with E-state index >= 15 is 0 Å². The fraction of sp³-hybridized carbons (Fsp3) is 0. The number of rotatable bonds is 0. The molecule has 106 valence electrons. The standard InChI is InChI=1S/C20H14O2.Al/c21-17-11-9-13-5-1-3-7-15(13)19(17)20-16-8-4-2-6-14(16)10-12-18(20)22;/h1-12,21-22H;/q;+3/p-2. The Morgan fingerprint density at radius 3 is 1.52 bits per heavy atom. The molecule has 4 aromatic carbocycles. The van der Waals surface area contributed by atoms with Gasteiger partial charge in [-0.2, -0.15) is 0 Å². The van der Waals surface area contributed by atoms with Gasteiger partial charge in [-0.05, 0) is 0 Å². The van der Waals surface area contributed by atoms with Crippen LogP contribution in [0.3, 0.4) is 0 Å². The third kappa shape index (κ3) is 1.95. The van der Waals surface area contributed by atoms with E-state index in [1.807, 2.05) is 0 Å². The molecule has 0 unspecified atom stereocenters. The van der Waals surface area contributed by atoms with Crippen molar-refractivity contribution in [1.82, 2.24) is 0 Å². The quantitative estimate of drug-likeness (QED) is 0.427. The summed E-state index contributed by atoms with van der Waals surface area (Å²) in [6.45, 7) is 0. The monoisotopic (exact) mass is 311 g/mol. The second-order valence-electron chi connectivity index (χ2n) is 5.65. The van der Waals surface area contributed by atoms with Crippen LogP contribution in [0.25, 0.3) is 32.7 Å². The summed E-state index contributed by atoms with van der Waals surface area (Å²) in [5, 5.41) is 4.83. The molecule has 5 rings (SSSR count). The van der Waals surface area contributed by atoms with Crippen molar-refractivity contribution in [3.8, 4) is 22.6 Å². The van der Waals surface area contributed by atoms with Crippen molar-refractivity contribution < 1.29 is 7.58 Å². The van der Waals surface area contributed by atoms with Crippen LogP contribution in [0.2, 0.25) is 0 Å². The summed E-state index contributed by atoms with van der Waals surface area (Å²) in [5.41, 5.74) is 2.28. The molecule has 3 heteroatoms. The van der Waals surface area contributed by atoms with Crippen LogP contribution in [0.4, 0.5) is 0 Å². The zero-order chi connectivity index (χ0) is 15.2. The molecule has 0 bridgehead atoms. The van der Waals surface area contributed by atoms with E-state index in [-0.39, 0.29) is 0 Å². The van der Waals surface area contributed by atoms with Gasteiger partial charge in [-0.25, -0.2) is 0 Å². The fourth-order valence-corrected chi connectivity index (χ4v) is 3.99. The van der Waals surface area contributed by atoms with E-state index in [4.69, 9.17) is 7.58 Å². The molecule has 1 heterocycles. The van der Waals surface area contributed by atoms with Crippen LogP contribution in [0.5, 0.6) is 11.5 Å². The minimum atomic E-state index is -0.553. The Kier molecular flexibility index (Phi) is 2.84. The molecule has 2 nitrogen and oxygen atoms in total. The Bertz CT molecular complexity index is 971. The molecule has 0 N–H and O–H groups in total. The van der Waals surface area contributed by atoms with Gasteiger partial charge < -0.3 is 0 Å². The molecule has 0 spiro atoms. The van der Waals surface area contributed by atoms with Crippen molar-refractivity contribution in [3.63, 3.8) is 0 Å². The summed E-state index contributed by atoms with van der Waals surface area (Å²) in [6.07, 6.45) is 0. The third-order valence-corrected chi connectivity index (χ3v) is 5.08. The van der Waals surface area contributed by atoms with Gasteiger partial charge in [0.05, 0.1) is 0 Å². The van der Waals surface area contributed by atoms with Crippen LogP contribution < -0.4 is 7.58 Å². The van der Waals surface area contributed by atoms with E-state index in [1.54, 1.807) is 0 Å². The summed E-state index contributed by atoms with van der Waals surface area (Å²) in [7, 11) is 0. The molecule has 1 aliphatic rings. The molecule has 0 aliphatic carbocycles. The maximum absolute atomic E-state index is 5.95. The first-order valence-electron chi connectivity index (χ1n) is 7.61. The van der Waals surface area contributed by atoms with Gasteiger partial charge in [-0.3, -0.25) is 0 Å². The Hall–Kier alpha value is -2.47.